The third kappa shape index (κ3) is 2.89. The fourth-order valence-electron chi connectivity index (χ4n) is 4.36. The first-order valence-electron chi connectivity index (χ1n) is 9.29. The molecule has 132 valence electrons. The molecule has 1 aromatic carbocycles. The van der Waals surface area contributed by atoms with Crippen molar-refractivity contribution in [2.75, 3.05) is 0 Å². The van der Waals surface area contributed by atoms with E-state index in [0.29, 0.717) is 5.92 Å². The summed E-state index contributed by atoms with van der Waals surface area (Å²) in [6.07, 6.45) is 8.42. The van der Waals surface area contributed by atoms with Crippen LogP contribution in [0, 0.1) is 5.92 Å². The molecule has 2 atom stereocenters. The molecular formula is C21H30O3. The summed E-state index contributed by atoms with van der Waals surface area (Å²) in [5, 5.41) is 21.2. The second kappa shape index (κ2) is 6.34. The second-order valence-corrected chi connectivity index (χ2v) is 7.99. The molecule has 3 rings (SSSR count). The van der Waals surface area contributed by atoms with Gasteiger partial charge in [-0.25, -0.2) is 0 Å². The topological polar surface area (TPSA) is 49.7 Å². The van der Waals surface area contributed by atoms with Crippen molar-refractivity contribution in [3.8, 4) is 17.2 Å². The minimum absolute atomic E-state index is 0.0236. The van der Waals surface area contributed by atoms with E-state index in [1.165, 1.54) is 5.57 Å². The maximum Gasteiger partial charge on any atom is 0.165 e. The number of allylic oxidation sites excluding steroid dienone is 2. The summed E-state index contributed by atoms with van der Waals surface area (Å²) in [6.45, 7) is 8.59. The molecular weight excluding hydrogens is 300 g/mol. The van der Waals surface area contributed by atoms with Crippen LogP contribution in [0.15, 0.2) is 17.7 Å². The number of fused-ring (bicyclic) bond motifs is 3. The van der Waals surface area contributed by atoms with Gasteiger partial charge in [-0.15, -0.1) is 0 Å². The van der Waals surface area contributed by atoms with Crippen LogP contribution < -0.4 is 4.74 Å². The molecule has 0 saturated heterocycles. The van der Waals surface area contributed by atoms with Crippen LogP contribution >= 0.6 is 0 Å². The summed E-state index contributed by atoms with van der Waals surface area (Å²) in [5.74, 6) is 1.26. The van der Waals surface area contributed by atoms with Gasteiger partial charge in [0, 0.05) is 23.0 Å². The number of rotatable bonds is 4. The lowest BCUT2D eigenvalue weighted by molar-refractivity contribution is 0.0105. The molecule has 0 radical (unpaired) electrons. The maximum absolute atomic E-state index is 10.7. The predicted octanol–water partition coefficient (Wildman–Crippen LogP) is 5.44. The normalized spacial score (nSPS) is 24.6. The lowest BCUT2D eigenvalue weighted by Gasteiger charge is -2.46. The standard InChI is InChI=1S/C21H30O3/c1-5-6-7-8-14-12-17-18(20(23)19(14)22)15-11-13(2)9-10-16(15)21(3,4)24-17/h11-12,15-16,22-23H,5-10H2,1-4H3. The highest BCUT2D eigenvalue weighted by Crippen LogP contribution is 2.55. The zero-order valence-corrected chi connectivity index (χ0v) is 15.4. The van der Waals surface area contributed by atoms with Gasteiger partial charge in [-0.05, 0) is 52.5 Å². The first kappa shape index (κ1) is 17.2. The van der Waals surface area contributed by atoms with Crippen LogP contribution in [0.3, 0.4) is 0 Å². The highest BCUT2D eigenvalue weighted by molar-refractivity contribution is 5.61. The van der Waals surface area contributed by atoms with E-state index in [0.717, 1.165) is 55.4 Å². The molecule has 2 unspecified atom stereocenters. The molecule has 0 bridgehead atoms. The highest BCUT2D eigenvalue weighted by atomic mass is 16.5. The van der Waals surface area contributed by atoms with Crippen LogP contribution in [-0.4, -0.2) is 15.8 Å². The molecule has 1 aromatic rings. The first-order valence-corrected chi connectivity index (χ1v) is 9.29. The van der Waals surface area contributed by atoms with E-state index in [2.05, 4.69) is 33.8 Å². The van der Waals surface area contributed by atoms with E-state index < -0.39 is 0 Å². The lowest BCUT2D eigenvalue weighted by Crippen LogP contribution is -2.45. The monoisotopic (exact) mass is 330 g/mol. The summed E-state index contributed by atoms with van der Waals surface area (Å²) in [4.78, 5) is 0. The minimum atomic E-state index is -0.265. The molecule has 0 fully saturated rings. The highest BCUT2D eigenvalue weighted by Gasteiger charge is 2.45. The van der Waals surface area contributed by atoms with Crippen molar-refractivity contribution in [2.24, 2.45) is 5.92 Å². The number of ether oxygens (including phenoxy) is 1. The van der Waals surface area contributed by atoms with Gasteiger partial charge in [-0.1, -0.05) is 31.4 Å². The van der Waals surface area contributed by atoms with E-state index in [9.17, 15) is 10.2 Å². The third-order valence-electron chi connectivity index (χ3n) is 5.75. The Hall–Kier alpha value is -1.64. The Kier molecular flexibility index (Phi) is 4.54. The van der Waals surface area contributed by atoms with Gasteiger partial charge in [0.15, 0.2) is 11.5 Å². The van der Waals surface area contributed by atoms with Gasteiger partial charge in [0.1, 0.15) is 11.4 Å². The molecule has 0 spiro atoms. The molecule has 0 aromatic heterocycles. The largest absolute Gasteiger partial charge is 0.504 e. The summed E-state index contributed by atoms with van der Waals surface area (Å²) >= 11 is 0. The molecule has 1 aliphatic carbocycles. The SMILES string of the molecule is CCCCCc1cc2c(c(O)c1O)C1C=C(C)CCC1C(C)(C)O2. The Morgan fingerprint density at radius 3 is 2.67 bits per heavy atom. The molecule has 3 nitrogen and oxygen atoms in total. The number of aromatic hydroxyl groups is 2. The van der Waals surface area contributed by atoms with E-state index in [1.54, 1.807) is 0 Å². The summed E-state index contributed by atoms with van der Waals surface area (Å²) in [6, 6.07) is 1.95. The van der Waals surface area contributed by atoms with Crippen LogP contribution in [0.25, 0.3) is 0 Å². The maximum atomic E-state index is 10.7. The van der Waals surface area contributed by atoms with E-state index >= 15 is 0 Å². The van der Waals surface area contributed by atoms with E-state index in [4.69, 9.17) is 4.74 Å². The summed E-state index contributed by atoms with van der Waals surface area (Å²) in [7, 11) is 0. The van der Waals surface area contributed by atoms with Crippen molar-refractivity contribution in [3.05, 3.63) is 28.8 Å². The molecule has 24 heavy (non-hydrogen) atoms. The second-order valence-electron chi connectivity index (χ2n) is 7.99. The summed E-state index contributed by atoms with van der Waals surface area (Å²) in [5.41, 5.74) is 2.66. The van der Waals surface area contributed by atoms with E-state index in [-0.39, 0.29) is 23.0 Å². The van der Waals surface area contributed by atoms with Crippen molar-refractivity contribution in [3.63, 3.8) is 0 Å². The Morgan fingerprint density at radius 1 is 1.21 bits per heavy atom. The fraction of sp³-hybridized carbons (Fsp3) is 0.619. The molecule has 2 N–H and O–H groups in total. The lowest BCUT2D eigenvalue weighted by atomic mass is 9.68. The van der Waals surface area contributed by atoms with Gasteiger partial charge >= 0.3 is 0 Å². The number of aryl methyl sites for hydroxylation is 1. The molecule has 1 heterocycles. The van der Waals surface area contributed by atoms with Crippen LogP contribution in [-0.2, 0) is 6.42 Å². The number of benzene rings is 1. The Morgan fingerprint density at radius 2 is 1.96 bits per heavy atom. The van der Waals surface area contributed by atoms with Crippen LogP contribution in [0.4, 0.5) is 0 Å². The van der Waals surface area contributed by atoms with Crippen molar-refractivity contribution < 1.29 is 14.9 Å². The predicted molar refractivity (Wildman–Crippen MR) is 96.9 cm³/mol. The molecule has 1 aliphatic heterocycles. The molecule has 0 saturated carbocycles. The van der Waals surface area contributed by atoms with Gasteiger partial charge < -0.3 is 14.9 Å². The van der Waals surface area contributed by atoms with Gasteiger partial charge in [-0.3, -0.25) is 0 Å². The number of hydrogen-bond acceptors (Lipinski definition) is 3. The van der Waals surface area contributed by atoms with Gasteiger partial charge in [0.25, 0.3) is 0 Å². The number of unbranched alkanes of at least 4 members (excludes halogenated alkanes) is 2. The zero-order chi connectivity index (χ0) is 17.5. The number of hydrogen-bond donors (Lipinski definition) is 2. The molecule has 3 heteroatoms. The van der Waals surface area contributed by atoms with E-state index in [1.807, 2.05) is 6.07 Å². The summed E-state index contributed by atoms with van der Waals surface area (Å²) < 4.78 is 6.31. The van der Waals surface area contributed by atoms with Gasteiger partial charge in [0.05, 0.1) is 0 Å². The Labute approximate surface area is 145 Å². The van der Waals surface area contributed by atoms with Crippen molar-refractivity contribution in [2.45, 2.75) is 77.7 Å². The van der Waals surface area contributed by atoms with Crippen molar-refractivity contribution in [1.82, 2.24) is 0 Å². The van der Waals surface area contributed by atoms with Crippen LogP contribution in [0.5, 0.6) is 17.2 Å². The van der Waals surface area contributed by atoms with Crippen LogP contribution in [0.1, 0.15) is 76.8 Å². The Bertz CT molecular complexity index is 658. The van der Waals surface area contributed by atoms with Crippen LogP contribution in [0.2, 0.25) is 0 Å². The quantitative estimate of drug-likeness (QED) is 0.439. The van der Waals surface area contributed by atoms with Gasteiger partial charge in [-0.2, -0.15) is 0 Å². The number of phenols is 2. The first-order chi connectivity index (χ1) is 11.3. The minimum Gasteiger partial charge on any atom is -0.504 e. The average Bonchev–Trinajstić information content (AvgIpc) is 2.51. The molecule has 0 amide bonds. The zero-order valence-electron chi connectivity index (χ0n) is 15.4. The van der Waals surface area contributed by atoms with Crippen molar-refractivity contribution >= 4 is 0 Å². The number of phenolic OH excluding ortho intramolecular Hbond substituents is 2. The Balaban J connectivity index is 2.06. The molecule has 2 aliphatic rings. The smallest absolute Gasteiger partial charge is 0.165 e. The van der Waals surface area contributed by atoms with Crippen molar-refractivity contribution in [1.29, 1.82) is 0 Å². The third-order valence-corrected chi connectivity index (χ3v) is 5.75. The fourth-order valence-corrected chi connectivity index (χ4v) is 4.36. The average molecular weight is 330 g/mol. The van der Waals surface area contributed by atoms with Gasteiger partial charge in [0.2, 0.25) is 0 Å².